The van der Waals surface area contributed by atoms with Crippen molar-refractivity contribution in [3.05, 3.63) is 63.6 Å². The molecule has 31 heavy (non-hydrogen) atoms. The van der Waals surface area contributed by atoms with Gasteiger partial charge in [-0.3, -0.25) is 14.0 Å². The molecule has 9 nitrogen and oxygen atoms in total. The van der Waals surface area contributed by atoms with Gasteiger partial charge in [-0.1, -0.05) is 12.1 Å². The third kappa shape index (κ3) is 4.40. The molecule has 0 saturated carbocycles. The number of nitrogens with one attached hydrogen (secondary N) is 1. The van der Waals surface area contributed by atoms with E-state index in [0.717, 1.165) is 35.8 Å². The van der Waals surface area contributed by atoms with Crippen LogP contribution in [-0.2, 0) is 26.1 Å². The van der Waals surface area contributed by atoms with Crippen LogP contribution < -0.4 is 15.7 Å². The highest BCUT2D eigenvalue weighted by Gasteiger charge is 2.23. The maximum Gasteiger partial charge on any atom is 0.346 e. The second-order valence-corrected chi connectivity index (χ2v) is 7.84. The number of amides is 1. The van der Waals surface area contributed by atoms with Crippen molar-refractivity contribution < 1.29 is 9.53 Å². The lowest BCUT2D eigenvalue weighted by Gasteiger charge is -2.15. The Bertz CT molecular complexity index is 1140. The van der Waals surface area contributed by atoms with Gasteiger partial charge in [0.2, 0.25) is 0 Å². The fraction of sp³-hybridized carbons (Fsp3) is 0.455. The van der Waals surface area contributed by atoms with E-state index in [4.69, 9.17) is 4.74 Å². The number of ether oxygens (including phenoxy) is 1. The highest BCUT2D eigenvalue weighted by atomic mass is 16.5. The summed E-state index contributed by atoms with van der Waals surface area (Å²) < 4.78 is 10.3. The molecular formula is C22H28N6O3. The molecule has 3 heterocycles. The van der Waals surface area contributed by atoms with Gasteiger partial charge >= 0.3 is 5.69 Å². The van der Waals surface area contributed by atoms with Crippen LogP contribution in [0, 0.1) is 6.92 Å². The third-order valence-corrected chi connectivity index (χ3v) is 5.73. The molecule has 2 aromatic heterocycles. The van der Waals surface area contributed by atoms with Crippen LogP contribution in [0.5, 0.6) is 5.75 Å². The summed E-state index contributed by atoms with van der Waals surface area (Å²) in [7, 11) is 1.62. The van der Waals surface area contributed by atoms with Crippen molar-refractivity contribution in [2.75, 3.05) is 7.11 Å². The summed E-state index contributed by atoms with van der Waals surface area (Å²) in [5.74, 6) is 1.40. The zero-order chi connectivity index (χ0) is 22.0. The lowest BCUT2D eigenvalue weighted by atomic mass is 10.1. The zero-order valence-corrected chi connectivity index (χ0v) is 18.2. The lowest BCUT2D eigenvalue weighted by molar-refractivity contribution is 0.0932. The minimum absolute atomic E-state index is 0.00943. The van der Waals surface area contributed by atoms with Crippen LogP contribution >= 0.6 is 0 Å². The molecule has 0 saturated heterocycles. The van der Waals surface area contributed by atoms with Gasteiger partial charge in [-0.15, -0.1) is 0 Å². The fourth-order valence-corrected chi connectivity index (χ4v) is 3.99. The highest BCUT2D eigenvalue weighted by Crippen LogP contribution is 2.16. The van der Waals surface area contributed by atoms with E-state index in [-0.39, 0.29) is 17.6 Å². The first-order valence-electron chi connectivity index (χ1n) is 10.6. The molecule has 0 aliphatic carbocycles. The van der Waals surface area contributed by atoms with E-state index in [1.54, 1.807) is 22.6 Å². The smallest absolute Gasteiger partial charge is 0.346 e. The molecule has 1 aromatic carbocycles. The van der Waals surface area contributed by atoms with Gasteiger partial charge in [-0.2, -0.15) is 10.2 Å². The summed E-state index contributed by atoms with van der Waals surface area (Å²) in [5, 5.41) is 12.0. The first kappa shape index (κ1) is 20.9. The fourth-order valence-electron chi connectivity index (χ4n) is 3.99. The standard InChI is InChI=1S/C22H28N6O3/c1-4-26-14-19(15(2)24-26)21(29)23-17-8-9-20-25-28(22(30)27(20)11-10-17)13-16-6-5-7-18(12-16)31-3/h5-7,12,14,17H,4,8-11,13H2,1-3H3,(H,23,29). The van der Waals surface area contributed by atoms with Crippen molar-refractivity contribution in [3.63, 3.8) is 0 Å². The van der Waals surface area contributed by atoms with Gasteiger partial charge in [0.25, 0.3) is 5.91 Å². The molecule has 4 rings (SSSR count). The van der Waals surface area contributed by atoms with Crippen LogP contribution in [0.3, 0.4) is 0 Å². The molecule has 1 amide bonds. The number of benzene rings is 1. The number of nitrogens with zero attached hydrogens (tertiary/aromatic N) is 5. The number of aromatic nitrogens is 5. The second kappa shape index (κ2) is 8.79. The van der Waals surface area contributed by atoms with E-state index in [1.165, 1.54) is 4.68 Å². The van der Waals surface area contributed by atoms with E-state index in [2.05, 4.69) is 15.5 Å². The topological polar surface area (TPSA) is 96.0 Å². The lowest BCUT2D eigenvalue weighted by Crippen LogP contribution is -2.36. The monoisotopic (exact) mass is 424 g/mol. The van der Waals surface area contributed by atoms with Crippen LogP contribution in [0.25, 0.3) is 0 Å². The van der Waals surface area contributed by atoms with Gasteiger partial charge in [0.1, 0.15) is 11.6 Å². The van der Waals surface area contributed by atoms with Crippen LogP contribution in [0.1, 0.15) is 47.2 Å². The Morgan fingerprint density at radius 2 is 2.13 bits per heavy atom. The van der Waals surface area contributed by atoms with E-state index < -0.39 is 0 Å². The number of aryl methyl sites for hydroxylation is 3. The Hall–Kier alpha value is -3.36. The van der Waals surface area contributed by atoms with Gasteiger partial charge in [-0.05, 0) is 44.4 Å². The first-order valence-corrected chi connectivity index (χ1v) is 10.6. The number of methoxy groups -OCH3 is 1. The number of carbonyl (C=O) groups excluding carboxylic acids is 1. The van der Waals surface area contributed by atoms with Crippen molar-refractivity contribution in [1.29, 1.82) is 0 Å². The average molecular weight is 425 g/mol. The van der Waals surface area contributed by atoms with Gasteiger partial charge in [0.05, 0.1) is 24.9 Å². The first-order chi connectivity index (χ1) is 15.0. The van der Waals surface area contributed by atoms with Crippen LogP contribution in [0.15, 0.2) is 35.3 Å². The summed E-state index contributed by atoms with van der Waals surface area (Å²) in [6.07, 6.45) is 3.84. The van der Waals surface area contributed by atoms with Crippen molar-refractivity contribution in [2.24, 2.45) is 0 Å². The normalized spacial score (nSPS) is 15.9. The molecule has 0 radical (unpaired) electrons. The number of rotatable bonds is 6. The number of fused-ring (bicyclic) bond motifs is 1. The summed E-state index contributed by atoms with van der Waals surface area (Å²) in [6.45, 7) is 5.48. The summed E-state index contributed by atoms with van der Waals surface area (Å²) in [6, 6.07) is 7.63. The van der Waals surface area contributed by atoms with E-state index in [1.807, 2.05) is 38.1 Å². The van der Waals surface area contributed by atoms with E-state index in [0.29, 0.717) is 31.5 Å². The van der Waals surface area contributed by atoms with Crippen LogP contribution in [-0.4, -0.2) is 43.2 Å². The van der Waals surface area contributed by atoms with Gasteiger partial charge in [0.15, 0.2) is 0 Å². The molecular weight excluding hydrogens is 396 g/mol. The molecule has 1 unspecified atom stereocenters. The highest BCUT2D eigenvalue weighted by molar-refractivity contribution is 5.95. The molecule has 1 atom stereocenters. The van der Waals surface area contributed by atoms with Crippen molar-refractivity contribution in [3.8, 4) is 5.75 Å². The Balaban J connectivity index is 1.43. The SMILES string of the molecule is CCn1cc(C(=O)NC2CCc3nn(Cc4cccc(OC)c4)c(=O)n3CC2)c(C)n1. The Morgan fingerprint density at radius 3 is 2.87 bits per heavy atom. The predicted molar refractivity (Wildman–Crippen MR) is 115 cm³/mol. The number of hydrogen-bond donors (Lipinski definition) is 1. The van der Waals surface area contributed by atoms with Crippen LogP contribution in [0.2, 0.25) is 0 Å². The maximum atomic E-state index is 12.9. The molecule has 9 heteroatoms. The Labute approximate surface area is 180 Å². The van der Waals surface area contributed by atoms with Crippen molar-refractivity contribution in [2.45, 2.75) is 58.8 Å². The number of hydrogen-bond acceptors (Lipinski definition) is 5. The molecule has 1 aliphatic rings. The maximum absolute atomic E-state index is 12.9. The van der Waals surface area contributed by atoms with Gasteiger partial charge in [-0.25, -0.2) is 9.48 Å². The second-order valence-electron chi connectivity index (χ2n) is 7.84. The summed E-state index contributed by atoms with van der Waals surface area (Å²) >= 11 is 0. The van der Waals surface area contributed by atoms with Gasteiger partial charge < -0.3 is 10.1 Å². The largest absolute Gasteiger partial charge is 0.497 e. The number of carbonyl (C=O) groups is 1. The average Bonchev–Trinajstić information content (AvgIpc) is 3.22. The summed E-state index contributed by atoms with van der Waals surface area (Å²) in [5.41, 5.74) is 2.17. The molecule has 0 fully saturated rings. The van der Waals surface area contributed by atoms with E-state index in [9.17, 15) is 9.59 Å². The molecule has 164 valence electrons. The molecule has 0 spiro atoms. The Kier molecular flexibility index (Phi) is 5.92. The van der Waals surface area contributed by atoms with Crippen molar-refractivity contribution in [1.82, 2.24) is 29.4 Å². The molecule has 1 N–H and O–H groups in total. The molecule has 1 aliphatic heterocycles. The Morgan fingerprint density at radius 1 is 1.29 bits per heavy atom. The van der Waals surface area contributed by atoms with E-state index >= 15 is 0 Å². The van der Waals surface area contributed by atoms with Gasteiger partial charge in [0, 0.05) is 31.7 Å². The molecule has 0 bridgehead atoms. The quantitative estimate of drug-likeness (QED) is 0.651. The molecule has 3 aromatic rings. The minimum atomic E-state index is -0.120. The summed E-state index contributed by atoms with van der Waals surface area (Å²) in [4.78, 5) is 25.6. The predicted octanol–water partition coefficient (Wildman–Crippen LogP) is 1.76. The zero-order valence-electron chi connectivity index (χ0n) is 18.2. The van der Waals surface area contributed by atoms with Crippen molar-refractivity contribution >= 4 is 5.91 Å². The third-order valence-electron chi connectivity index (χ3n) is 5.73. The van der Waals surface area contributed by atoms with Crippen LogP contribution in [0.4, 0.5) is 0 Å². The minimum Gasteiger partial charge on any atom is -0.497 e.